The first-order chi connectivity index (χ1) is 9.77. The molecular weight excluding hydrogens is 320 g/mol. The molecule has 0 saturated carbocycles. The molecule has 0 spiro atoms. The Morgan fingerprint density at radius 3 is 2.48 bits per heavy atom. The van der Waals surface area contributed by atoms with Crippen LogP contribution in [0.5, 0.6) is 0 Å². The van der Waals surface area contributed by atoms with Crippen LogP contribution >= 0.6 is 11.6 Å². The zero-order valence-corrected chi connectivity index (χ0v) is 12.6. The van der Waals surface area contributed by atoms with Crippen LogP contribution in [0.1, 0.15) is 5.56 Å². The van der Waals surface area contributed by atoms with E-state index in [1.807, 2.05) is 0 Å². The van der Waals surface area contributed by atoms with Crippen LogP contribution in [0.4, 0.5) is 14.5 Å². The van der Waals surface area contributed by atoms with Crippen molar-refractivity contribution in [3.05, 3.63) is 58.6 Å². The minimum Gasteiger partial charge on any atom is -0.380 e. The van der Waals surface area contributed by atoms with Crippen LogP contribution in [0.3, 0.4) is 0 Å². The van der Waals surface area contributed by atoms with Gasteiger partial charge in [-0.3, -0.25) is 0 Å². The molecular formula is C14H12ClF2NO2S. The van der Waals surface area contributed by atoms with Crippen LogP contribution in [0.2, 0.25) is 5.02 Å². The summed E-state index contributed by atoms with van der Waals surface area (Å²) in [6.45, 7) is 0.0546. The Labute approximate surface area is 126 Å². The van der Waals surface area contributed by atoms with Crippen molar-refractivity contribution in [1.29, 1.82) is 0 Å². The van der Waals surface area contributed by atoms with Crippen molar-refractivity contribution in [1.82, 2.24) is 0 Å². The van der Waals surface area contributed by atoms with Gasteiger partial charge in [-0.15, -0.1) is 0 Å². The minimum absolute atomic E-state index is 0.0546. The van der Waals surface area contributed by atoms with E-state index >= 15 is 0 Å². The largest absolute Gasteiger partial charge is 0.380 e. The van der Waals surface area contributed by atoms with Crippen LogP contribution in [0.15, 0.2) is 41.3 Å². The zero-order chi connectivity index (χ0) is 15.6. The Hall–Kier alpha value is -1.66. The van der Waals surface area contributed by atoms with E-state index in [-0.39, 0.29) is 17.0 Å². The number of sulfone groups is 1. The normalized spacial score (nSPS) is 11.4. The van der Waals surface area contributed by atoms with Crippen LogP contribution in [-0.2, 0) is 16.4 Å². The second kappa shape index (κ2) is 5.99. The van der Waals surface area contributed by atoms with Crippen molar-refractivity contribution in [2.24, 2.45) is 0 Å². The summed E-state index contributed by atoms with van der Waals surface area (Å²) in [5, 5.41) is 3.15. The molecule has 0 amide bonds. The number of nitrogens with one attached hydrogen (secondary N) is 1. The molecule has 21 heavy (non-hydrogen) atoms. The second-order valence-corrected chi connectivity index (χ2v) is 6.93. The van der Waals surface area contributed by atoms with E-state index in [0.717, 1.165) is 18.4 Å². The first-order valence-electron chi connectivity index (χ1n) is 5.95. The predicted molar refractivity (Wildman–Crippen MR) is 78.2 cm³/mol. The molecule has 0 aliphatic rings. The van der Waals surface area contributed by atoms with Crippen molar-refractivity contribution < 1.29 is 17.2 Å². The first kappa shape index (κ1) is 15.7. The van der Waals surface area contributed by atoms with Gasteiger partial charge < -0.3 is 5.32 Å². The number of rotatable bonds is 4. The quantitative estimate of drug-likeness (QED) is 0.930. The molecule has 0 aliphatic carbocycles. The Morgan fingerprint density at radius 1 is 1.14 bits per heavy atom. The van der Waals surface area contributed by atoms with E-state index < -0.39 is 21.5 Å². The van der Waals surface area contributed by atoms with Gasteiger partial charge in [0, 0.05) is 24.4 Å². The average Bonchev–Trinajstić information content (AvgIpc) is 2.38. The van der Waals surface area contributed by atoms with E-state index in [9.17, 15) is 17.2 Å². The van der Waals surface area contributed by atoms with E-state index in [0.29, 0.717) is 10.7 Å². The van der Waals surface area contributed by atoms with Gasteiger partial charge in [-0.05, 0) is 24.3 Å². The highest BCUT2D eigenvalue weighted by Gasteiger charge is 2.11. The van der Waals surface area contributed by atoms with Gasteiger partial charge in [0.05, 0.1) is 15.6 Å². The topological polar surface area (TPSA) is 46.2 Å². The number of hydrogen-bond donors (Lipinski definition) is 1. The van der Waals surface area contributed by atoms with Crippen LogP contribution in [-0.4, -0.2) is 14.7 Å². The third kappa shape index (κ3) is 3.92. The maximum atomic E-state index is 13.5. The molecule has 2 rings (SSSR count). The molecule has 0 heterocycles. The minimum atomic E-state index is -3.36. The van der Waals surface area contributed by atoms with Gasteiger partial charge in [-0.2, -0.15) is 0 Å². The second-order valence-electron chi connectivity index (χ2n) is 4.50. The number of halogens is 3. The molecule has 112 valence electrons. The SMILES string of the molecule is CS(=O)(=O)c1ccc(Cl)c(NCc2ccc(F)cc2F)c1. The molecule has 0 bridgehead atoms. The zero-order valence-electron chi connectivity index (χ0n) is 11.0. The fraction of sp³-hybridized carbons (Fsp3) is 0.143. The lowest BCUT2D eigenvalue weighted by atomic mass is 10.2. The summed E-state index contributed by atoms with van der Waals surface area (Å²) >= 11 is 5.97. The molecule has 3 nitrogen and oxygen atoms in total. The lowest BCUT2D eigenvalue weighted by Gasteiger charge is -2.10. The summed E-state index contributed by atoms with van der Waals surface area (Å²) < 4.78 is 49.3. The van der Waals surface area contributed by atoms with Gasteiger partial charge in [-0.25, -0.2) is 17.2 Å². The standard InChI is InChI=1S/C14H12ClF2NO2S/c1-21(19,20)11-4-5-12(15)14(7-11)18-8-9-2-3-10(16)6-13(9)17/h2-7,18H,8H2,1H3. The molecule has 2 aromatic rings. The van der Waals surface area contributed by atoms with Gasteiger partial charge in [0.1, 0.15) is 11.6 Å². The highest BCUT2D eigenvalue weighted by atomic mass is 35.5. The van der Waals surface area contributed by atoms with Crippen molar-refractivity contribution in [2.45, 2.75) is 11.4 Å². The summed E-state index contributed by atoms with van der Waals surface area (Å²) in [7, 11) is -3.36. The van der Waals surface area contributed by atoms with Gasteiger partial charge in [-0.1, -0.05) is 17.7 Å². The van der Waals surface area contributed by atoms with Gasteiger partial charge in [0.15, 0.2) is 9.84 Å². The smallest absolute Gasteiger partial charge is 0.175 e. The lowest BCUT2D eigenvalue weighted by Crippen LogP contribution is -2.04. The summed E-state index contributed by atoms with van der Waals surface area (Å²) in [5.41, 5.74) is 0.612. The molecule has 7 heteroatoms. The number of anilines is 1. The lowest BCUT2D eigenvalue weighted by molar-refractivity contribution is 0.574. The van der Waals surface area contributed by atoms with Crippen LogP contribution in [0, 0.1) is 11.6 Å². The molecule has 0 aromatic heterocycles. The van der Waals surface area contributed by atoms with Crippen molar-refractivity contribution in [3.63, 3.8) is 0 Å². The molecule has 0 saturated heterocycles. The molecule has 0 fully saturated rings. The molecule has 0 atom stereocenters. The highest BCUT2D eigenvalue weighted by Crippen LogP contribution is 2.26. The van der Waals surface area contributed by atoms with E-state index in [2.05, 4.69) is 5.32 Å². The van der Waals surface area contributed by atoms with Crippen molar-refractivity contribution >= 4 is 27.1 Å². The maximum absolute atomic E-state index is 13.5. The molecule has 0 radical (unpaired) electrons. The van der Waals surface area contributed by atoms with E-state index in [1.165, 1.54) is 24.3 Å². The number of benzene rings is 2. The van der Waals surface area contributed by atoms with E-state index in [1.54, 1.807) is 0 Å². The number of hydrogen-bond acceptors (Lipinski definition) is 3. The van der Waals surface area contributed by atoms with Crippen LogP contribution < -0.4 is 5.32 Å². The van der Waals surface area contributed by atoms with Crippen LogP contribution in [0.25, 0.3) is 0 Å². The van der Waals surface area contributed by atoms with Gasteiger partial charge >= 0.3 is 0 Å². The summed E-state index contributed by atoms with van der Waals surface area (Å²) in [4.78, 5) is 0.106. The third-order valence-corrected chi connectivity index (χ3v) is 4.29. The highest BCUT2D eigenvalue weighted by molar-refractivity contribution is 7.90. The Bertz CT molecular complexity index is 779. The summed E-state index contributed by atoms with van der Waals surface area (Å²) in [6.07, 6.45) is 1.08. The average molecular weight is 332 g/mol. The Kier molecular flexibility index (Phi) is 4.49. The van der Waals surface area contributed by atoms with Crippen molar-refractivity contribution in [3.8, 4) is 0 Å². The molecule has 0 unspecified atom stereocenters. The Balaban J connectivity index is 2.23. The fourth-order valence-electron chi connectivity index (χ4n) is 1.73. The van der Waals surface area contributed by atoms with Gasteiger partial charge in [0.2, 0.25) is 0 Å². The monoisotopic (exact) mass is 331 g/mol. The van der Waals surface area contributed by atoms with Gasteiger partial charge in [0.25, 0.3) is 0 Å². The molecule has 0 aliphatic heterocycles. The first-order valence-corrected chi connectivity index (χ1v) is 8.22. The predicted octanol–water partition coefficient (Wildman–Crippen LogP) is 3.63. The fourth-order valence-corrected chi connectivity index (χ4v) is 2.56. The summed E-state index contributed by atoms with van der Waals surface area (Å²) in [5.74, 6) is -1.34. The Morgan fingerprint density at radius 2 is 1.86 bits per heavy atom. The molecule has 1 N–H and O–H groups in total. The molecule has 2 aromatic carbocycles. The summed E-state index contributed by atoms with van der Waals surface area (Å²) in [6, 6.07) is 7.45. The maximum Gasteiger partial charge on any atom is 0.175 e. The van der Waals surface area contributed by atoms with Crippen molar-refractivity contribution in [2.75, 3.05) is 11.6 Å². The third-order valence-electron chi connectivity index (χ3n) is 2.85. The van der Waals surface area contributed by atoms with E-state index in [4.69, 9.17) is 11.6 Å².